The van der Waals surface area contributed by atoms with Crippen LogP contribution in [0.25, 0.3) is 5.57 Å². The Bertz CT molecular complexity index is 1350. The van der Waals surface area contributed by atoms with Gasteiger partial charge in [-0.05, 0) is 24.3 Å². The fraction of sp³-hybridized carbons (Fsp3) is 0.357. The fourth-order valence-corrected chi connectivity index (χ4v) is 5.92. The number of aromatic nitrogens is 2. The number of nitrogens with one attached hydrogen (secondary N) is 3. The predicted molar refractivity (Wildman–Crippen MR) is 151 cm³/mol. The van der Waals surface area contributed by atoms with Crippen LogP contribution in [0.4, 0.5) is 5.82 Å². The first-order valence-corrected chi connectivity index (χ1v) is 14.4. The van der Waals surface area contributed by atoms with Gasteiger partial charge >= 0.3 is 0 Å². The third kappa shape index (κ3) is 6.29. The maximum Gasteiger partial charge on any atom is 0.213 e. The summed E-state index contributed by atoms with van der Waals surface area (Å²) in [5.74, 6) is 5.04. The zero-order valence-corrected chi connectivity index (χ0v) is 22.5. The molecule has 10 nitrogen and oxygen atoms in total. The molecular formula is C28H31N7O3S. The molecule has 3 aliphatic heterocycles. The molecule has 5 rings (SSSR count). The third-order valence-electron chi connectivity index (χ3n) is 6.85. The standard InChI is InChI=1S/C28H31N7O3S/c1-36-27-5-3-23(14-33-27)38-22-6-8-35(9-7-22)26-4-2-20(13-32-26)25-10-24(37-16-19-17-39(31)18-19)15-34-28(25)21(11-29)12-30/h2-5,10-11,13-15,19,22,29,31,34H,6-9,16-18H2,1H3/b28-21+,29-11?. The zero-order valence-electron chi connectivity index (χ0n) is 21.7. The average molecular weight is 546 g/mol. The average Bonchev–Trinajstić information content (AvgIpc) is 2.97. The number of methoxy groups -OCH3 is 1. The molecule has 0 atom stereocenters. The summed E-state index contributed by atoms with van der Waals surface area (Å²) in [5, 5.41) is 20.4. The van der Waals surface area contributed by atoms with E-state index in [4.69, 9.17) is 29.4 Å². The van der Waals surface area contributed by atoms with E-state index in [1.165, 1.54) is 0 Å². The molecular weight excluding hydrogens is 514 g/mol. The van der Waals surface area contributed by atoms with E-state index in [9.17, 15) is 5.26 Å². The Morgan fingerprint density at radius 3 is 2.64 bits per heavy atom. The van der Waals surface area contributed by atoms with Gasteiger partial charge in [-0.25, -0.2) is 9.97 Å². The van der Waals surface area contributed by atoms with Gasteiger partial charge in [-0.2, -0.15) is 5.26 Å². The maximum absolute atomic E-state index is 9.56. The number of piperidine rings is 1. The molecule has 0 bridgehead atoms. The molecule has 5 heterocycles. The number of dihydropyridines is 1. The molecule has 2 aromatic rings. The lowest BCUT2D eigenvalue weighted by molar-refractivity contribution is 0.170. The van der Waals surface area contributed by atoms with Crippen LogP contribution in [0, 0.1) is 27.4 Å². The second-order valence-corrected chi connectivity index (χ2v) is 11.2. The Balaban J connectivity index is 1.24. The van der Waals surface area contributed by atoms with Crippen LogP contribution < -0.4 is 19.7 Å². The highest BCUT2D eigenvalue weighted by molar-refractivity contribution is 7.87. The molecule has 39 heavy (non-hydrogen) atoms. The van der Waals surface area contributed by atoms with E-state index in [2.05, 4.69) is 21.3 Å². The van der Waals surface area contributed by atoms with Crippen LogP contribution in [0.3, 0.4) is 0 Å². The smallest absolute Gasteiger partial charge is 0.213 e. The molecule has 3 aliphatic rings. The number of pyridine rings is 2. The highest BCUT2D eigenvalue weighted by Gasteiger charge is 2.25. The van der Waals surface area contributed by atoms with E-state index in [0.717, 1.165) is 66.4 Å². The van der Waals surface area contributed by atoms with Gasteiger partial charge in [0.1, 0.15) is 29.5 Å². The summed E-state index contributed by atoms with van der Waals surface area (Å²) in [4.78, 5) is 11.2. The van der Waals surface area contributed by atoms with E-state index in [-0.39, 0.29) is 22.4 Å². The van der Waals surface area contributed by atoms with Crippen molar-refractivity contribution in [1.29, 1.82) is 15.5 Å². The molecule has 0 spiro atoms. The summed E-state index contributed by atoms with van der Waals surface area (Å²) >= 11 is 0. The highest BCUT2D eigenvalue weighted by atomic mass is 32.2. The number of ether oxygens (including phenoxy) is 3. The van der Waals surface area contributed by atoms with Gasteiger partial charge in [0.25, 0.3) is 0 Å². The van der Waals surface area contributed by atoms with Crippen LogP contribution in [0.1, 0.15) is 18.4 Å². The minimum Gasteiger partial charge on any atom is -0.492 e. The van der Waals surface area contributed by atoms with Crippen molar-refractivity contribution in [2.24, 2.45) is 5.92 Å². The van der Waals surface area contributed by atoms with Gasteiger partial charge in [-0.3, -0.25) is 4.78 Å². The van der Waals surface area contributed by atoms with Crippen LogP contribution in [0.15, 0.2) is 66.0 Å². The molecule has 2 fully saturated rings. The van der Waals surface area contributed by atoms with Crippen molar-refractivity contribution in [2.45, 2.75) is 18.9 Å². The summed E-state index contributed by atoms with van der Waals surface area (Å²) in [6.45, 7) is 2.22. The Morgan fingerprint density at radius 2 is 2.03 bits per heavy atom. The number of nitriles is 1. The van der Waals surface area contributed by atoms with Crippen molar-refractivity contribution in [3.8, 4) is 17.7 Å². The van der Waals surface area contributed by atoms with Gasteiger partial charge in [0.05, 0.1) is 31.2 Å². The lowest BCUT2D eigenvalue weighted by Gasteiger charge is -2.33. The number of allylic oxidation sites excluding steroid dienone is 3. The molecule has 3 N–H and O–H groups in total. The van der Waals surface area contributed by atoms with Crippen LogP contribution in [0.2, 0.25) is 0 Å². The fourth-order valence-electron chi connectivity index (χ4n) is 4.69. The Hall–Kier alpha value is -4.17. The quantitative estimate of drug-likeness (QED) is 0.319. The van der Waals surface area contributed by atoms with Crippen LogP contribution in [0.5, 0.6) is 11.6 Å². The first-order valence-electron chi connectivity index (χ1n) is 12.8. The molecule has 11 heteroatoms. The summed E-state index contributed by atoms with van der Waals surface area (Å²) in [7, 11) is 1.37. The van der Waals surface area contributed by atoms with Gasteiger partial charge in [0.15, 0.2) is 0 Å². The first kappa shape index (κ1) is 26.4. The van der Waals surface area contributed by atoms with Crippen LogP contribution in [-0.4, -0.2) is 60.6 Å². The lowest BCUT2D eigenvalue weighted by Crippen LogP contribution is -2.38. The summed E-state index contributed by atoms with van der Waals surface area (Å²) in [5.41, 5.74) is 2.36. The minimum atomic E-state index is -0.222. The van der Waals surface area contributed by atoms with Crippen molar-refractivity contribution >= 4 is 28.3 Å². The molecule has 0 amide bonds. The summed E-state index contributed by atoms with van der Waals surface area (Å²) in [6, 6.07) is 9.73. The number of hydrogen-bond acceptors (Lipinski definition) is 10. The van der Waals surface area contributed by atoms with Crippen LogP contribution >= 0.6 is 0 Å². The molecule has 2 saturated heterocycles. The number of nitrogens with zero attached hydrogens (tertiary/aromatic N) is 4. The summed E-state index contributed by atoms with van der Waals surface area (Å²) in [6.07, 6.45) is 10.0. The van der Waals surface area contributed by atoms with E-state index in [1.807, 2.05) is 24.3 Å². The molecule has 202 valence electrons. The number of hydrogen-bond donors (Lipinski definition) is 3. The minimum absolute atomic E-state index is 0.116. The number of anilines is 1. The Kier molecular flexibility index (Phi) is 8.22. The van der Waals surface area contributed by atoms with E-state index >= 15 is 0 Å². The molecule has 0 radical (unpaired) electrons. The van der Waals surface area contributed by atoms with Crippen molar-refractivity contribution in [3.05, 3.63) is 71.5 Å². The van der Waals surface area contributed by atoms with Gasteiger partial charge in [-0.15, -0.1) is 10.7 Å². The second-order valence-electron chi connectivity index (χ2n) is 9.54. The second kappa shape index (κ2) is 12.1. The van der Waals surface area contributed by atoms with E-state index < -0.39 is 0 Å². The number of rotatable bonds is 9. The van der Waals surface area contributed by atoms with Crippen LogP contribution in [-0.2, 0) is 15.4 Å². The highest BCUT2D eigenvalue weighted by Crippen LogP contribution is 2.30. The maximum atomic E-state index is 9.56. The van der Waals surface area contributed by atoms with Crippen molar-refractivity contribution < 1.29 is 14.2 Å². The molecule has 0 saturated carbocycles. The molecule has 0 unspecified atom stereocenters. The monoisotopic (exact) mass is 545 g/mol. The van der Waals surface area contributed by atoms with Gasteiger partial charge < -0.3 is 29.8 Å². The van der Waals surface area contributed by atoms with Crippen molar-refractivity contribution in [3.63, 3.8) is 0 Å². The lowest BCUT2D eigenvalue weighted by atomic mass is 9.98. The first-order chi connectivity index (χ1) is 19.1. The van der Waals surface area contributed by atoms with Crippen molar-refractivity contribution in [2.75, 3.05) is 43.2 Å². The molecule has 0 aromatic carbocycles. The topological polar surface area (TPSA) is 140 Å². The SMILES string of the molecule is COc1ccc(OC2CCN(c3ccc(C4=CC(OCC5CS(=N)C5)=CN/C4=C(/C#N)C=N)cn3)CC2)cn1. The van der Waals surface area contributed by atoms with E-state index in [0.29, 0.717) is 29.9 Å². The molecule has 0 aliphatic carbocycles. The van der Waals surface area contributed by atoms with Crippen molar-refractivity contribution in [1.82, 2.24) is 15.3 Å². The van der Waals surface area contributed by atoms with Gasteiger partial charge in [-0.1, -0.05) is 0 Å². The Labute approximate surface area is 230 Å². The van der Waals surface area contributed by atoms with Gasteiger partial charge in [0, 0.05) is 79.2 Å². The molecule has 2 aromatic heterocycles. The Morgan fingerprint density at radius 1 is 1.21 bits per heavy atom. The normalized spacial score (nSPS) is 22.3. The summed E-state index contributed by atoms with van der Waals surface area (Å²) < 4.78 is 24.9. The largest absolute Gasteiger partial charge is 0.492 e. The predicted octanol–water partition coefficient (Wildman–Crippen LogP) is 3.82. The zero-order chi connectivity index (χ0) is 27.2. The van der Waals surface area contributed by atoms with E-state index in [1.54, 1.807) is 31.8 Å². The van der Waals surface area contributed by atoms with Gasteiger partial charge in [0.2, 0.25) is 5.88 Å². The third-order valence-corrected chi connectivity index (χ3v) is 8.60.